The molecule has 5 nitrogen and oxygen atoms in total. The minimum atomic E-state index is -3.86. The van der Waals surface area contributed by atoms with E-state index >= 15 is 0 Å². The van der Waals surface area contributed by atoms with Crippen LogP contribution in [0.2, 0.25) is 0 Å². The van der Waals surface area contributed by atoms with Crippen LogP contribution in [0.15, 0.2) is 56.9 Å². The third-order valence-corrected chi connectivity index (χ3v) is 4.81. The van der Waals surface area contributed by atoms with Gasteiger partial charge in [0.2, 0.25) is 15.5 Å². The summed E-state index contributed by atoms with van der Waals surface area (Å²) in [4.78, 5) is 13.9. The molecule has 2 N–H and O–H groups in total. The Kier molecular flexibility index (Phi) is 4.42. The number of rotatable bonds is 4. The number of hydrogen-bond acceptors (Lipinski definition) is 3. The summed E-state index contributed by atoms with van der Waals surface area (Å²) >= 11 is 3.33. The van der Waals surface area contributed by atoms with Crippen LogP contribution in [0.1, 0.15) is 18.5 Å². The van der Waals surface area contributed by atoms with Gasteiger partial charge in [0.25, 0.3) is 0 Å². The molecule has 0 saturated heterocycles. The molecular weight excluding hydrogens is 344 g/mol. The number of H-pyrrole nitrogens is 1. The van der Waals surface area contributed by atoms with Crippen molar-refractivity contribution < 1.29 is 8.42 Å². The van der Waals surface area contributed by atoms with Gasteiger partial charge in [0.15, 0.2) is 0 Å². The third-order valence-electron chi connectivity index (χ3n) is 2.76. The summed E-state index contributed by atoms with van der Waals surface area (Å²) < 4.78 is 27.7. The van der Waals surface area contributed by atoms with Crippen molar-refractivity contribution in [2.75, 3.05) is 0 Å². The van der Waals surface area contributed by atoms with Crippen LogP contribution in [0.3, 0.4) is 0 Å². The predicted octanol–water partition coefficient (Wildman–Crippen LogP) is 2.18. The second-order valence-electron chi connectivity index (χ2n) is 4.27. The van der Waals surface area contributed by atoms with Crippen LogP contribution < -0.4 is 10.2 Å². The molecule has 0 spiro atoms. The molecule has 2 rings (SSSR count). The number of halogens is 1. The zero-order valence-corrected chi connectivity index (χ0v) is 13.0. The Hall–Kier alpha value is -1.44. The van der Waals surface area contributed by atoms with Crippen molar-refractivity contribution >= 4 is 26.0 Å². The lowest BCUT2D eigenvalue weighted by Gasteiger charge is -2.14. The Bertz CT molecular complexity index is 771. The fourth-order valence-corrected chi connectivity index (χ4v) is 3.45. The number of hydrogen-bond donors (Lipinski definition) is 2. The molecule has 1 aromatic carbocycles. The van der Waals surface area contributed by atoms with E-state index in [1.165, 1.54) is 18.5 Å². The molecular formula is C13H13BrN2O3S. The van der Waals surface area contributed by atoms with E-state index in [0.717, 1.165) is 10.0 Å². The molecule has 1 unspecified atom stereocenters. The first-order chi connectivity index (χ1) is 9.40. The maximum Gasteiger partial charge on any atom is 0.246 e. The van der Waals surface area contributed by atoms with Gasteiger partial charge in [-0.3, -0.25) is 4.79 Å². The van der Waals surface area contributed by atoms with E-state index in [-0.39, 0.29) is 4.90 Å². The van der Waals surface area contributed by atoms with Gasteiger partial charge in [-0.1, -0.05) is 28.1 Å². The molecule has 7 heteroatoms. The topological polar surface area (TPSA) is 79.0 Å². The first-order valence-corrected chi connectivity index (χ1v) is 8.12. The highest BCUT2D eigenvalue weighted by molar-refractivity contribution is 9.10. The highest BCUT2D eigenvalue weighted by Crippen LogP contribution is 2.19. The Morgan fingerprint density at radius 2 is 2.05 bits per heavy atom. The average molecular weight is 357 g/mol. The summed E-state index contributed by atoms with van der Waals surface area (Å²) in [5, 5.41) is 0. The lowest BCUT2D eigenvalue weighted by molar-refractivity contribution is 0.565. The second-order valence-corrected chi connectivity index (χ2v) is 6.87. The number of pyridine rings is 1. The van der Waals surface area contributed by atoms with E-state index in [1.54, 1.807) is 6.92 Å². The molecule has 1 atom stereocenters. The Morgan fingerprint density at radius 1 is 1.30 bits per heavy atom. The van der Waals surface area contributed by atoms with E-state index in [0.29, 0.717) is 0 Å². The fourth-order valence-electron chi connectivity index (χ4n) is 1.75. The van der Waals surface area contributed by atoms with Crippen LogP contribution in [-0.2, 0) is 10.0 Å². The standard InChI is InChI=1S/C13H13BrN2O3S/c1-9(10-3-2-4-11(14)7-10)16-20(18,19)13-8-15-6-5-12(13)17/h2-9,16H,1H3,(H,15,17). The number of sulfonamides is 1. The highest BCUT2D eigenvalue weighted by Gasteiger charge is 2.21. The lowest BCUT2D eigenvalue weighted by atomic mass is 10.1. The van der Waals surface area contributed by atoms with E-state index in [4.69, 9.17) is 0 Å². The normalized spacial score (nSPS) is 13.1. The maximum absolute atomic E-state index is 12.2. The molecule has 106 valence electrons. The van der Waals surface area contributed by atoms with Crippen LogP contribution in [0.4, 0.5) is 0 Å². The minimum Gasteiger partial charge on any atom is -0.366 e. The molecule has 0 bridgehead atoms. The smallest absolute Gasteiger partial charge is 0.246 e. The van der Waals surface area contributed by atoms with Crippen molar-refractivity contribution in [1.29, 1.82) is 0 Å². The molecule has 0 aliphatic heterocycles. The lowest BCUT2D eigenvalue weighted by Crippen LogP contribution is -2.30. The summed E-state index contributed by atoms with van der Waals surface area (Å²) in [7, 11) is -3.86. The van der Waals surface area contributed by atoms with Crippen molar-refractivity contribution in [2.24, 2.45) is 0 Å². The number of nitrogens with one attached hydrogen (secondary N) is 2. The SMILES string of the molecule is CC(NS(=O)(=O)c1c[nH]ccc1=O)c1cccc(Br)c1. The van der Waals surface area contributed by atoms with Crippen LogP contribution >= 0.6 is 15.9 Å². The summed E-state index contributed by atoms with van der Waals surface area (Å²) in [6, 6.07) is 8.04. The highest BCUT2D eigenvalue weighted by atomic mass is 79.9. The Labute approximate surface area is 125 Å². The molecule has 0 aliphatic carbocycles. The summed E-state index contributed by atoms with van der Waals surface area (Å²) in [6.45, 7) is 1.72. The largest absolute Gasteiger partial charge is 0.366 e. The van der Waals surface area contributed by atoms with E-state index < -0.39 is 21.5 Å². The molecule has 2 aromatic rings. The summed E-state index contributed by atoms with van der Waals surface area (Å²) in [6.07, 6.45) is 2.57. The van der Waals surface area contributed by atoms with Crippen molar-refractivity contribution in [3.05, 3.63) is 63.0 Å². The zero-order chi connectivity index (χ0) is 14.8. The van der Waals surface area contributed by atoms with Gasteiger partial charge in [-0.05, 0) is 24.6 Å². The number of aromatic amines is 1. The first-order valence-electron chi connectivity index (χ1n) is 5.85. The average Bonchev–Trinajstić information content (AvgIpc) is 2.38. The second kappa shape index (κ2) is 5.90. The van der Waals surface area contributed by atoms with Gasteiger partial charge in [-0.2, -0.15) is 0 Å². The third kappa shape index (κ3) is 3.36. The van der Waals surface area contributed by atoms with Gasteiger partial charge in [0, 0.05) is 29.0 Å². The van der Waals surface area contributed by atoms with Crippen molar-refractivity contribution in [2.45, 2.75) is 17.9 Å². The number of benzene rings is 1. The monoisotopic (exact) mass is 356 g/mol. The van der Waals surface area contributed by atoms with Gasteiger partial charge in [0.1, 0.15) is 4.90 Å². The van der Waals surface area contributed by atoms with Gasteiger partial charge in [-0.25, -0.2) is 13.1 Å². The minimum absolute atomic E-state index is 0.290. The van der Waals surface area contributed by atoms with Crippen LogP contribution in [0, 0.1) is 0 Å². The molecule has 20 heavy (non-hydrogen) atoms. The molecule has 0 fully saturated rings. The molecule has 0 aliphatic rings. The van der Waals surface area contributed by atoms with Gasteiger partial charge < -0.3 is 4.98 Å². The first kappa shape index (κ1) is 15.0. The molecule has 0 radical (unpaired) electrons. The predicted molar refractivity (Wildman–Crippen MR) is 79.9 cm³/mol. The van der Waals surface area contributed by atoms with Crippen LogP contribution in [0.25, 0.3) is 0 Å². The van der Waals surface area contributed by atoms with Crippen molar-refractivity contribution in [3.63, 3.8) is 0 Å². The van der Waals surface area contributed by atoms with Gasteiger partial charge in [-0.15, -0.1) is 0 Å². The van der Waals surface area contributed by atoms with E-state index in [9.17, 15) is 13.2 Å². The fraction of sp³-hybridized carbons (Fsp3) is 0.154. The van der Waals surface area contributed by atoms with Crippen LogP contribution in [0.5, 0.6) is 0 Å². The van der Waals surface area contributed by atoms with Crippen molar-refractivity contribution in [3.8, 4) is 0 Å². The van der Waals surface area contributed by atoms with E-state index in [1.807, 2.05) is 24.3 Å². The Morgan fingerprint density at radius 3 is 2.70 bits per heavy atom. The van der Waals surface area contributed by atoms with Crippen LogP contribution in [-0.4, -0.2) is 13.4 Å². The van der Waals surface area contributed by atoms with Gasteiger partial charge in [0.05, 0.1) is 0 Å². The molecule has 0 amide bonds. The molecule has 0 saturated carbocycles. The zero-order valence-electron chi connectivity index (χ0n) is 10.6. The molecule has 1 aromatic heterocycles. The quantitative estimate of drug-likeness (QED) is 0.880. The Balaban J connectivity index is 2.29. The number of aromatic nitrogens is 1. The molecule has 1 heterocycles. The summed E-state index contributed by atoms with van der Waals surface area (Å²) in [5.41, 5.74) is 0.257. The van der Waals surface area contributed by atoms with E-state index in [2.05, 4.69) is 25.6 Å². The summed E-state index contributed by atoms with van der Waals surface area (Å²) in [5.74, 6) is 0. The maximum atomic E-state index is 12.2. The van der Waals surface area contributed by atoms with Gasteiger partial charge >= 0.3 is 0 Å². The van der Waals surface area contributed by atoms with Crippen molar-refractivity contribution in [1.82, 2.24) is 9.71 Å².